The zero-order chi connectivity index (χ0) is 19.9. The van der Waals surface area contributed by atoms with Crippen LogP contribution in [-0.2, 0) is 15.3 Å². The molecule has 154 valence electrons. The number of hydrogen-bond acceptors (Lipinski definition) is 5. The Balaban J connectivity index is 2.20. The first-order chi connectivity index (χ1) is 13.0. The van der Waals surface area contributed by atoms with E-state index in [-0.39, 0.29) is 6.10 Å². The van der Waals surface area contributed by atoms with Crippen molar-refractivity contribution < 1.29 is 19.7 Å². The van der Waals surface area contributed by atoms with E-state index in [0.29, 0.717) is 18.9 Å². The maximum absolute atomic E-state index is 11.4. The van der Waals surface area contributed by atoms with E-state index < -0.39 is 18.1 Å². The van der Waals surface area contributed by atoms with Crippen LogP contribution in [0.25, 0.3) is 0 Å². The smallest absolute Gasteiger partial charge is 0.321 e. The van der Waals surface area contributed by atoms with Crippen LogP contribution >= 0.6 is 11.8 Å². The molecule has 2 unspecified atom stereocenters. The molecular formula is C21H35NO4S. The first-order valence-corrected chi connectivity index (χ1v) is 11.1. The number of aliphatic hydroxyl groups is 1. The standard InChI is InChI=1S/C21H35NO4S/c1-3-4-6-12-20(17(2)23)26-14-9-13-22-19(21(24)25)16-27-15-18-10-7-5-8-11-18/h5,7-8,10-11,17,19-20,22-23H,3-4,6,9,12-16H2,1-2H3,(H,24,25)/t17?,19-,20?/m0/s1. The Kier molecular flexibility index (Phi) is 13.2. The molecule has 0 aliphatic rings. The first-order valence-electron chi connectivity index (χ1n) is 9.92. The summed E-state index contributed by atoms with van der Waals surface area (Å²) in [6, 6.07) is 9.50. The molecule has 6 heteroatoms. The van der Waals surface area contributed by atoms with Gasteiger partial charge >= 0.3 is 5.97 Å². The van der Waals surface area contributed by atoms with Crippen molar-refractivity contribution in [1.29, 1.82) is 0 Å². The summed E-state index contributed by atoms with van der Waals surface area (Å²) in [4.78, 5) is 11.4. The van der Waals surface area contributed by atoms with Crippen molar-refractivity contribution in [3.05, 3.63) is 35.9 Å². The van der Waals surface area contributed by atoms with E-state index in [1.165, 1.54) is 5.56 Å². The fraction of sp³-hybridized carbons (Fsp3) is 0.667. The van der Waals surface area contributed by atoms with E-state index in [2.05, 4.69) is 12.2 Å². The van der Waals surface area contributed by atoms with Gasteiger partial charge in [-0.3, -0.25) is 4.79 Å². The average Bonchev–Trinajstić information content (AvgIpc) is 2.65. The van der Waals surface area contributed by atoms with Gasteiger partial charge in [-0.25, -0.2) is 0 Å². The van der Waals surface area contributed by atoms with Gasteiger partial charge in [0, 0.05) is 18.1 Å². The Morgan fingerprint density at radius 3 is 2.59 bits per heavy atom. The fourth-order valence-corrected chi connectivity index (χ4v) is 3.77. The molecule has 3 atom stereocenters. The second-order valence-electron chi connectivity index (χ2n) is 6.84. The van der Waals surface area contributed by atoms with Gasteiger partial charge < -0.3 is 20.3 Å². The van der Waals surface area contributed by atoms with Gasteiger partial charge in [0.1, 0.15) is 6.04 Å². The van der Waals surface area contributed by atoms with Crippen molar-refractivity contribution in [1.82, 2.24) is 5.32 Å². The van der Waals surface area contributed by atoms with Crippen molar-refractivity contribution in [2.75, 3.05) is 18.9 Å². The topological polar surface area (TPSA) is 78.8 Å². The molecule has 0 saturated heterocycles. The van der Waals surface area contributed by atoms with Crippen LogP contribution in [0, 0.1) is 0 Å². The number of ether oxygens (including phenoxy) is 1. The SMILES string of the molecule is CCCCCC(OCCCN[C@@H](CSCc1ccccc1)C(=O)O)C(C)O. The number of carboxylic acids is 1. The Labute approximate surface area is 167 Å². The molecule has 27 heavy (non-hydrogen) atoms. The number of thioether (sulfide) groups is 1. The molecule has 0 aliphatic heterocycles. The summed E-state index contributed by atoms with van der Waals surface area (Å²) in [5.41, 5.74) is 1.20. The molecular weight excluding hydrogens is 362 g/mol. The molecule has 0 bridgehead atoms. The molecule has 1 rings (SSSR count). The molecule has 0 amide bonds. The normalized spacial score (nSPS) is 14.6. The Bertz CT molecular complexity index is 498. The van der Waals surface area contributed by atoms with Crippen LogP contribution in [0.5, 0.6) is 0 Å². The predicted molar refractivity (Wildman–Crippen MR) is 112 cm³/mol. The lowest BCUT2D eigenvalue weighted by Crippen LogP contribution is -2.39. The summed E-state index contributed by atoms with van der Waals surface area (Å²) in [5.74, 6) is 0.514. The highest BCUT2D eigenvalue weighted by Crippen LogP contribution is 2.13. The van der Waals surface area contributed by atoms with Crippen molar-refractivity contribution in [2.24, 2.45) is 0 Å². The second kappa shape index (κ2) is 14.9. The van der Waals surface area contributed by atoms with Crippen molar-refractivity contribution >= 4 is 17.7 Å². The van der Waals surface area contributed by atoms with Gasteiger partial charge in [-0.15, -0.1) is 0 Å². The number of unbranched alkanes of at least 4 members (excludes halogenated alkanes) is 2. The molecule has 0 radical (unpaired) electrons. The summed E-state index contributed by atoms with van der Waals surface area (Å²) in [7, 11) is 0. The van der Waals surface area contributed by atoms with E-state index in [1.54, 1.807) is 18.7 Å². The van der Waals surface area contributed by atoms with E-state index in [4.69, 9.17) is 4.74 Å². The summed E-state index contributed by atoms with van der Waals surface area (Å²) in [6.45, 7) is 5.03. The third-order valence-corrected chi connectivity index (χ3v) is 5.47. The number of nitrogens with one attached hydrogen (secondary N) is 1. The molecule has 3 N–H and O–H groups in total. The number of carboxylic acid groups (broad SMARTS) is 1. The fourth-order valence-electron chi connectivity index (χ4n) is 2.73. The maximum Gasteiger partial charge on any atom is 0.321 e. The highest BCUT2D eigenvalue weighted by atomic mass is 32.2. The molecule has 0 aromatic heterocycles. The van der Waals surface area contributed by atoms with E-state index in [1.807, 2.05) is 30.3 Å². The molecule has 1 aromatic rings. The summed E-state index contributed by atoms with van der Waals surface area (Å²) in [6.07, 6.45) is 4.34. The number of rotatable bonds is 16. The van der Waals surface area contributed by atoms with Crippen LogP contribution in [0.2, 0.25) is 0 Å². The Hall–Kier alpha value is -1.08. The van der Waals surface area contributed by atoms with Gasteiger partial charge in [-0.05, 0) is 31.9 Å². The quantitative estimate of drug-likeness (QED) is 0.369. The van der Waals surface area contributed by atoms with Gasteiger partial charge in [0.05, 0.1) is 12.2 Å². The molecule has 0 heterocycles. The van der Waals surface area contributed by atoms with Crippen LogP contribution in [0.3, 0.4) is 0 Å². The van der Waals surface area contributed by atoms with Gasteiger partial charge in [0.2, 0.25) is 0 Å². The van der Waals surface area contributed by atoms with Crippen LogP contribution in [0.1, 0.15) is 51.5 Å². The lowest BCUT2D eigenvalue weighted by Gasteiger charge is -2.21. The van der Waals surface area contributed by atoms with Gasteiger partial charge in [0.25, 0.3) is 0 Å². The zero-order valence-corrected chi connectivity index (χ0v) is 17.4. The van der Waals surface area contributed by atoms with Crippen molar-refractivity contribution in [2.45, 2.75) is 70.0 Å². The molecule has 0 saturated carbocycles. The number of carbonyl (C=O) groups is 1. The third kappa shape index (κ3) is 11.4. The zero-order valence-electron chi connectivity index (χ0n) is 16.6. The number of aliphatic hydroxyl groups excluding tert-OH is 1. The molecule has 1 aromatic carbocycles. The van der Waals surface area contributed by atoms with Crippen LogP contribution in [0.4, 0.5) is 0 Å². The van der Waals surface area contributed by atoms with Crippen LogP contribution < -0.4 is 5.32 Å². The van der Waals surface area contributed by atoms with Gasteiger partial charge in [-0.2, -0.15) is 11.8 Å². The minimum Gasteiger partial charge on any atom is -0.480 e. The average molecular weight is 398 g/mol. The molecule has 0 aliphatic carbocycles. The van der Waals surface area contributed by atoms with E-state index >= 15 is 0 Å². The first kappa shape index (κ1) is 24.0. The minimum absolute atomic E-state index is 0.131. The van der Waals surface area contributed by atoms with Crippen molar-refractivity contribution in [3.8, 4) is 0 Å². The monoisotopic (exact) mass is 397 g/mol. The number of hydrogen-bond donors (Lipinski definition) is 3. The maximum atomic E-state index is 11.4. The lowest BCUT2D eigenvalue weighted by atomic mass is 10.1. The van der Waals surface area contributed by atoms with Gasteiger partial charge in [-0.1, -0.05) is 56.5 Å². The Morgan fingerprint density at radius 1 is 1.22 bits per heavy atom. The highest BCUT2D eigenvalue weighted by molar-refractivity contribution is 7.98. The molecule has 5 nitrogen and oxygen atoms in total. The largest absolute Gasteiger partial charge is 0.480 e. The van der Waals surface area contributed by atoms with Crippen LogP contribution in [0.15, 0.2) is 30.3 Å². The summed E-state index contributed by atoms with van der Waals surface area (Å²) >= 11 is 1.62. The second-order valence-corrected chi connectivity index (χ2v) is 7.88. The minimum atomic E-state index is -0.821. The summed E-state index contributed by atoms with van der Waals surface area (Å²) < 4.78 is 5.79. The van der Waals surface area contributed by atoms with Gasteiger partial charge in [0.15, 0.2) is 0 Å². The number of benzene rings is 1. The van der Waals surface area contributed by atoms with E-state index in [9.17, 15) is 15.0 Å². The highest BCUT2D eigenvalue weighted by Gasteiger charge is 2.17. The summed E-state index contributed by atoms with van der Waals surface area (Å²) in [5, 5.41) is 22.3. The molecule has 0 spiro atoms. The number of aliphatic carboxylic acids is 1. The third-order valence-electron chi connectivity index (χ3n) is 4.37. The van der Waals surface area contributed by atoms with Crippen LogP contribution in [-0.4, -0.2) is 53.3 Å². The van der Waals surface area contributed by atoms with E-state index in [0.717, 1.165) is 37.9 Å². The predicted octanol–water partition coefficient (Wildman–Crippen LogP) is 3.70. The van der Waals surface area contributed by atoms with Crippen molar-refractivity contribution in [3.63, 3.8) is 0 Å². The molecule has 0 fully saturated rings. The Morgan fingerprint density at radius 2 is 1.96 bits per heavy atom. The lowest BCUT2D eigenvalue weighted by molar-refractivity contribution is -0.138.